The number of rotatable bonds is 6. The molecule has 108 valence electrons. The Hall–Kier alpha value is -1.93. The fourth-order valence-electron chi connectivity index (χ4n) is 1.82. The van der Waals surface area contributed by atoms with Crippen molar-refractivity contribution in [2.24, 2.45) is 0 Å². The Labute approximate surface area is 117 Å². The van der Waals surface area contributed by atoms with Gasteiger partial charge in [0.05, 0.1) is 17.1 Å². The second kappa shape index (κ2) is 6.02. The first kappa shape index (κ1) is 14.5. The average Bonchev–Trinajstić information content (AvgIpc) is 2.79. The molecule has 0 aliphatic heterocycles. The van der Waals surface area contributed by atoms with E-state index >= 15 is 0 Å². The Morgan fingerprint density at radius 3 is 2.65 bits per heavy atom. The number of nitrogens with one attached hydrogen (secondary N) is 3. The number of hydrogen-bond donors (Lipinski definition) is 3. The van der Waals surface area contributed by atoms with Crippen molar-refractivity contribution in [3.8, 4) is 0 Å². The van der Waals surface area contributed by atoms with Crippen molar-refractivity contribution >= 4 is 15.7 Å². The van der Waals surface area contributed by atoms with Crippen LogP contribution in [-0.4, -0.2) is 30.1 Å². The fraction of sp³-hybridized carbons (Fsp3) is 0.333. The van der Waals surface area contributed by atoms with E-state index in [9.17, 15) is 8.42 Å². The maximum atomic E-state index is 12.4. The van der Waals surface area contributed by atoms with Gasteiger partial charge in [0, 0.05) is 18.9 Å². The molecule has 0 aromatic carbocycles. The van der Waals surface area contributed by atoms with E-state index in [-0.39, 0.29) is 4.90 Å². The van der Waals surface area contributed by atoms with Gasteiger partial charge in [0.2, 0.25) is 0 Å². The summed E-state index contributed by atoms with van der Waals surface area (Å²) in [5, 5.41) is 9.83. The molecule has 3 N–H and O–H groups in total. The van der Waals surface area contributed by atoms with Crippen molar-refractivity contribution < 1.29 is 8.42 Å². The minimum absolute atomic E-state index is 0.190. The van der Waals surface area contributed by atoms with Crippen LogP contribution in [0, 0.1) is 6.92 Å². The summed E-state index contributed by atoms with van der Waals surface area (Å²) in [5.41, 5.74) is 1.46. The standard InChI is InChI=1S/C12H17N5O2S/c1-3-13-8-11-12(9(2)15-16-11)20(18,19)17-10-4-6-14-7-5-10/h4-7,13H,3,8H2,1-2H3,(H,14,17)(H,15,16). The minimum atomic E-state index is -3.67. The van der Waals surface area contributed by atoms with Crippen LogP contribution in [0.1, 0.15) is 18.3 Å². The molecule has 8 heteroatoms. The lowest BCUT2D eigenvalue weighted by molar-refractivity contribution is 0.597. The number of anilines is 1. The fourth-order valence-corrected chi connectivity index (χ4v) is 3.24. The average molecular weight is 295 g/mol. The highest BCUT2D eigenvalue weighted by Crippen LogP contribution is 2.20. The third kappa shape index (κ3) is 3.14. The number of aromatic nitrogens is 3. The van der Waals surface area contributed by atoms with Crippen LogP contribution in [0.15, 0.2) is 29.4 Å². The van der Waals surface area contributed by atoms with Gasteiger partial charge in [-0.25, -0.2) is 8.42 Å². The summed E-state index contributed by atoms with van der Waals surface area (Å²) in [4.78, 5) is 4.04. The lowest BCUT2D eigenvalue weighted by Crippen LogP contribution is -2.19. The molecule has 0 atom stereocenters. The molecule has 0 aliphatic carbocycles. The van der Waals surface area contributed by atoms with Crippen molar-refractivity contribution in [2.45, 2.75) is 25.3 Å². The Kier molecular flexibility index (Phi) is 4.35. The number of aromatic amines is 1. The van der Waals surface area contributed by atoms with Gasteiger partial charge in [-0.05, 0) is 25.6 Å². The molecule has 0 aliphatic rings. The predicted octanol–water partition coefficient (Wildman–Crippen LogP) is 1.02. The lowest BCUT2D eigenvalue weighted by atomic mass is 10.3. The van der Waals surface area contributed by atoms with E-state index in [0.717, 1.165) is 6.54 Å². The first-order valence-corrected chi connectivity index (χ1v) is 7.70. The van der Waals surface area contributed by atoms with Crippen LogP contribution in [0.25, 0.3) is 0 Å². The third-order valence-corrected chi connectivity index (χ3v) is 4.29. The van der Waals surface area contributed by atoms with Crippen LogP contribution in [0.2, 0.25) is 0 Å². The quantitative estimate of drug-likeness (QED) is 0.739. The lowest BCUT2D eigenvalue weighted by Gasteiger charge is -2.09. The second-order valence-corrected chi connectivity index (χ2v) is 5.87. The van der Waals surface area contributed by atoms with Gasteiger partial charge in [-0.2, -0.15) is 5.10 Å². The number of hydrogen-bond acceptors (Lipinski definition) is 5. The Balaban J connectivity index is 2.32. The normalized spacial score (nSPS) is 11.5. The summed E-state index contributed by atoms with van der Waals surface area (Å²) in [6, 6.07) is 3.19. The highest BCUT2D eigenvalue weighted by atomic mass is 32.2. The molecule has 7 nitrogen and oxygen atoms in total. The van der Waals surface area contributed by atoms with E-state index in [1.54, 1.807) is 19.1 Å². The zero-order chi connectivity index (χ0) is 14.6. The van der Waals surface area contributed by atoms with Gasteiger partial charge in [0.1, 0.15) is 4.90 Å². The molecule has 0 bridgehead atoms. The first-order chi connectivity index (χ1) is 9.54. The van der Waals surface area contributed by atoms with Gasteiger partial charge in [0.25, 0.3) is 10.0 Å². The van der Waals surface area contributed by atoms with E-state index in [2.05, 4.69) is 25.2 Å². The molecule has 0 saturated carbocycles. The maximum Gasteiger partial charge on any atom is 0.265 e. The van der Waals surface area contributed by atoms with Gasteiger partial charge in [-0.3, -0.25) is 14.8 Å². The molecule has 0 spiro atoms. The minimum Gasteiger partial charge on any atom is -0.311 e. The largest absolute Gasteiger partial charge is 0.311 e. The summed E-state index contributed by atoms with van der Waals surface area (Å²) in [5.74, 6) is 0. The van der Waals surface area contributed by atoms with Crippen LogP contribution in [-0.2, 0) is 16.6 Å². The van der Waals surface area contributed by atoms with Crippen LogP contribution in [0.4, 0.5) is 5.69 Å². The number of pyridine rings is 1. The molecule has 20 heavy (non-hydrogen) atoms. The highest BCUT2D eigenvalue weighted by Gasteiger charge is 2.24. The van der Waals surface area contributed by atoms with Crippen molar-refractivity contribution in [2.75, 3.05) is 11.3 Å². The molecule has 2 rings (SSSR count). The summed E-state index contributed by atoms with van der Waals surface area (Å²) in [6.45, 7) is 4.77. The van der Waals surface area contributed by atoms with Crippen LogP contribution in [0.5, 0.6) is 0 Å². The first-order valence-electron chi connectivity index (χ1n) is 6.22. The zero-order valence-electron chi connectivity index (χ0n) is 11.3. The van der Waals surface area contributed by atoms with Crippen LogP contribution < -0.4 is 10.0 Å². The van der Waals surface area contributed by atoms with E-state index in [4.69, 9.17) is 0 Å². The van der Waals surface area contributed by atoms with E-state index < -0.39 is 10.0 Å². The van der Waals surface area contributed by atoms with Gasteiger partial charge in [-0.15, -0.1) is 0 Å². The molecular weight excluding hydrogens is 278 g/mol. The van der Waals surface area contributed by atoms with E-state index in [1.807, 2.05) is 6.92 Å². The SMILES string of the molecule is CCNCc1n[nH]c(C)c1S(=O)(=O)Nc1ccncc1. The maximum absolute atomic E-state index is 12.4. The Morgan fingerprint density at radius 2 is 2.00 bits per heavy atom. The molecule has 2 aromatic rings. The van der Waals surface area contributed by atoms with Gasteiger partial charge >= 0.3 is 0 Å². The van der Waals surface area contributed by atoms with Crippen molar-refractivity contribution in [1.82, 2.24) is 20.5 Å². The molecule has 0 fully saturated rings. The predicted molar refractivity (Wildman–Crippen MR) is 75.8 cm³/mol. The second-order valence-electron chi connectivity index (χ2n) is 4.25. The zero-order valence-corrected chi connectivity index (χ0v) is 12.2. The summed E-state index contributed by atoms with van der Waals surface area (Å²) in [6.07, 6.45) is 3.05. The number of aryl methyl sites for hydroxylation is 1. The van der Waals surface area contributed by atoms with Gasteiger partial charge in [-0.1, -0.05) is 6.92 Å². The number of H-pyrrole nitrogens is 1. The van der Waals surface area contributed by atoms with Crippen LogP contribution in [0.3, 0.4) is 0 Å². The molecular formula is C12H17N5O2S. The van der Waals surface area contributed by atoms with Crippen LogP contribution >= 0.6 is 0 Å². The van der Waals surface area contributed by atoms with Gasteiger partial charge in [0.15, 0.2) is 0 Å². The van der Waals surface area contributed by atoms with Crippen molar-refractivity contribution in [3.63, 3.8) is 0 Å². The summed E-state index contributed by atoms with van der Waals surface area (Å²) in [7, 11) is -3.67. The summed E-state index contributed by atoms with van der Waals surface area (Å²) >= 11 is 0. The van der Waals surface area contributed by atoms with Gasteiger partial charge < -0.3 is 5.32 Å². The third-order valence-electron chi connectivity index (χ3n) is 2.70. The number of sulfonamides is 1. The Morgan fingerprint density at radius 1 is 1.30 bits per heavy atom. The Bertz CT molecular complexity index is 666. The highest BCUT2D eigenvalue weighted by molar-refractivity contribution is 7.92. The monoisotopic (exact) mass is 295 g/mol. The molecule has 0 radical (unpaired) electrons. The summed E-state index contributed by atoms with van der Waals surface area (Å²) < 4.78 is 27.4. The number of nitrogens with zero attached hydrogens (tertiary/aromatic N) is 2. The smallest absolute Gasteiger partial charge is 0.265 e. The molecule has 0 amide bonds. The van der Waals surface area contributed by atoms with E-state index in [0.29, 0.717) is 23.6 Å². The molecule has 2 heterocycles. The molecule has 0 saturated heterocycles. The van der Waals surface area contributed by atoms with E-state index in [1.165, 1.54) is 12.4 Å². The van der Waals surface area contributed by atoms with Crippen molar-refractivity contribution in [1.29, 1.82) is 0 Å². The topological polar surface area (TPSA) is 99.8 Å². The van der Waals surface area contributed by atoms with Crippen molar-refractivity contribution in [3.05, 3.63) is 35.9 Å². The molecule has 2 aromatic heterocycles. The molecule has 0 unspecified atom stereocenters.